The van der Waals surface area contributed by atoms with Gasteiger partial charge in [-0.3, -0.25) is 14.6 Å². The van der Waals surface area contributed by atoms with Gasteiger partial charge in [-0.25, -0.2) is 4.39 Å². The molecule has 31 heavy (non-hydrogen) atoms. The number of Topliss-reactive ketones (excluding diaryl/α,β-unsaturated/α-hetero) is 1. The van der Waals surface area contributed by atoms with E-state index >= 15 is 0 Å². The molecule has 0 bridgehead atoms. The van der Waals surface area contributed by atoms with E-state index in [4.69, 9.17) is 9.73 Å². The smallest absolute Gasteiger partial charge is 0.315 e. The fourth-order valence-corrected chi connectivity index (χ4v) is 5.32. The van der Waals surface area contributed by atoms with Gasteiger partial charge >= 0.3 is 5.97 Å². The van der Waals surface area contributed by atoms with Crippen molar-refractivity contribution in [1.29, 1.82) is 0 Å². The zero-order valence-corrected chi connectivity index (χ0v) is 18.7. The van der Waals surface area contributed by atoms with Crippen molar-refractivity contribution in [2.45, 2.75) is 45.4 Å². The molecule has 0 fully saturated rings. The Bertz CT molecular complexity index is 1050. The molecule has 1 aromatic heterocycles. The summed E-state index contributed by atoms with van der Waals surface area (Å²) >= 11 is 1.63. The Kier molecular flexibility index (Phi) is 6.19. The van der Waals surface area contributed by atoms with Crippen molar-refractivity contribution >= 4 is 28.8 Å². The molecule has 4 nitrogen and oxygen atoms in total. The van der Waals surface area contributed by atoms with E-state index in [0.717, 1.165) is 4.88 Å². The maximum Gasteiger partial charge on any atom is 0.315 e. The van der Waals surface area contributed by atoms with Gasteiger partial charge in [0, 0.05) is 40.1 Å². The van der Waals surface area contributed by atoms with E-state index < -0.39 is 23.6 Å². The minimum Gasteiger partial charge on any atom is -0.465 e. The Balaban J connectivity index is 1.78. The number of aliphatic imine (C=N–C) groups is 1. The molecule has 0 saturated carbocycles. The second kappa shape index (κ2) is 8.87. The maximum absolute atomic E-state index is 14.9. The fourth-order valence-electron chi connectivity index (χ4n) is 4.49. The third kappa shape index (κ3) is 4.26. The average molecular weight is 440 g/mol. The van der Waals surface area contributed by atoms with E-state index in [9.17, 15) is 14.0 Å². The number of nitrogens with zero attached hydrogens (tertiary/aromatic N) is 1. The quantitative estimate of drug-likeness (QED) is 0.565. The summed E-state index contributed by atoms with van der Waals surface area (Å²) in [7, 11) is 0. The van der Waals surface area contributed by atoms with Crippen molar-refractivity contribution in [3.05, 3.63) is 69.3 Å². The Morgan fingerprint density at radius 3 is 2.68 bits per heavy atom. The van der Waals surface area contributed by atoms with E-state index in [-0.39, 0.29) is 24.2 Å². The zero-order chi connectivity index (χ0) is 22.1. The molecule has 2 heterocycles. The van der Waals surface area contributed by atoms with E-state index in [1.54, 1.807) is 36.5 Å². The Morgan fingerprint density at radius 2 is 2.00 bits per heavy atom. The molecule has 1 aliphatic heterocycles. The molecule has 0 amide bonds. The van der Waals surface area contributed by atoms with Crippen LogP contribution in [0.15, 0.2) is 58.0 Å². The molecule has 2 aliphatic rings. The van der Waals surface area contributed by atoms with Crippen LogP contribution in [0.3, 0.4) is 0 Å². The van der Waals surface area contributed by atoms with Gasteiger partial charge in [0.05, 0.1) is 6.61 Å². The molecular formula is C25H26FNO3S. The van der Waals surface area contributed by atoms with Gasteiger partial charge in [-0.15, -0.1) is 11.3 Å². The lowest BCUT2D eigenvalue weighted by Gasteiger charge is -2.36. The van der Waals surface area contributed by atoms with Crippen LogP contribution in [-0.4, -0.2) is 24.1 Å². The van der Waals surface area contributed by atoms with Crippen molar-refractivity contribution in [2.24, 2.45) is 16.8 Å². The monoisotopic (exact) mass is 439 g/mol. The molecule has 3 unspecified atom stereocenters. The Labute approximate surface area is 185 Å². The Morgan fingerprint density at radius 1 is 1.23 bits per heavy atom. The summed E-state index contributed by atoms with van der Waals surface area (Å²) < 4.78 is 20.4. The molecule has 0 saturated heterocycles. The van der Waals surface area contributed by atoms with Gasteiger partial charge < -0.3 is 4.74 Å². The van der Waals surface area contributed by atoms with Crippen molar-refractivity contribution in [2.75, 3.05) is 6.61 Å². The number of thiophene rings is 1. The van der Waals surface area contributed by atoms with Crippen LogP contribution in [0.2, 0.25) is 0 Å². The highest BCUT2D eigenvalue weighted by atomic mass is 32.1. The van der Waals surface area contributed by atoms with Gasteiger partial charge in [-0.2, -0.15) is 0 Å². The predicted octanol–water partition coefficient (Wildman–Crippen LogP) is 5.66. The molecule has 4 rings (SSSR count). The molecule has 2 aromatic rings. The lowest BCUT2D eigenvalue weighted by Crippen LogP contribution is -2.38. The van der Waals surface area contributed by atoms with Crippen LogP contribution < -0.4 is 0 Å². The van der Waals surface area contributed by atoms with Crippen LogP contribution in [-0.2, 0) is 14.3 Å². The summed E-state index contributed by atoms with van der Waals surface area (Å²) in [6, 6.07) is 10.4. The molecule has 0 N–H and O–H groups in total. The zero-order valence-electron chi connectivity index (χ0n) is 17.9. The second-order valence-electron chi connectivity index (χ2n) is 8.66. The lowest BCUT2D eigenvalue weighted by molar-refractivity contribution is -0.147. The van der Waals surface area contributed by atoms with Crippen molar-refractivity contribution < 1.29 is 18.7 Å². The van der Waals surface area contributed by atoms with Gasteiger partial charge in [-0.1, -0.05) is 38.1 Å². The molecule has 6 heteroatoms. The summed E-state index contributed by atoms with van der Waals surface area (Å²) in [6.07, 6.45) is 0.949. The highest BCUT2D eigenvalue weighted by Crippen LogP contribution is 2.47. The van der Waals surface area contributed by atoms with Crippen molar-refractivity contribution in [1.82, 2.24) is 0 Å². The molecule has 0 spiro atoms. The predicted molar refractivity (Wildman–Crippen MR) is 120 cm³/mol. The van der Waals surface area contributed by atoms with Crippen LogP contribution in [0, 0.1) is 17.7 Å². The third-order valence-corrected chi connectivity index (χ3v) is 6.92. The number of hydrogen-bond acceptors (Lipinski definition) is 5. The number of hydrogen-bond donors (Lipinski definition) is 0. The molecule has 162 valence electrons. The molecule has 1 aliphatic carbocycles. The number of carbonyl (C=O) groups excluding carboxylic acids is 2. The normalized spacial score (nSPS) is 23.6. The fraction of sp³-hybridized carbons (Fsp3) is 0.400. The van der Waals surface area contributed by atoms with Crippen molar-refractivity contribution in [3.63, 3.8) is 0 Å². The first-order chi connectivity index (χ1) is 14.9. The molecular weight excluding hydrogens is 413 g/mol. The number of esters is 1. The van der Waals surface area contributed by atoms with Gasteiger partial charge in [-0.05, 0) is 42.3 Å². The minimum atomic E-state index is -0.809. The lowest BCUT2D eigenvalue weighted by atomic mass is 9.70. The first kappa shape index (κ1) is 21.6. The Hall–Kier alpha value is -2.60. The number of rotatable bonds is 5. The van der Waals surface area contributed by atoms with Crippen LogP contribution >= 0.6 is 11.3 Å². The summed E-state index contributed by atoms with van der Waals surface area (Å²) in [5.41, 5.74) is 2.06. The number of carbonyl (C=O) groups is 2. The van der Waals surface area contributed by atoms with Crippen LogP contribution in [0.4, 0.5) is 4.39 Å². The van der Waals surface area contributed by atoms with Gasteiger partial charge in [0.25, 0.3) is 0 Å². The second-order valence-corrected chi connectivity index (χ2v) is 9.64. The molecule has 3 atom stereocenters. The number of ether oxygens (including phenoxy) is 1. The maximum atomic E-state index is 14.9. The number of ketones is 1. The third-order valence-electron chi connectivity index (χ3n) is 5.89. The molecule has 1 aromatic carbocycles. The van der Waals surface area contributed by atoms with Gasteiger partial charge in [0.1, 0.15) is 11.7 Å². The van der Waals surface area contributed by atoms with Crippen LogP contribution in [0.25, 0.3) is 0 Å². The minimum absolute atomic E-state index is 0.0634. The van der Waals surface area contributed by atoms with Gasteiger partial charge in [0.2, 0.25) is 0 Å². The van der Waals surface area contributed by atoms with Crippen LogP contribution in [0.1, 0.15) is 55.9 Å². The molecule has 0 radical (unpaired) electrons. The number of halogens is 1. The first-order valence-corrected chi connectivity index (χ1v) is 11.5. The number of benzene rings is 1. The first-order valence-electron chi connectivity index (χ1n) is 10.6. The summed E-state index contributed by atoms with van der Waals surface area (Å²) in [5, 5.41) is 2.00. The SMILES string of the molecule is CC1=NC2=C(C(=O)CC(c3cccs3)C2)C(c2ccccc2F)C1C(=O)OCC(C)C. The van der Waals surface area contributed by atoms with Crippen molar-refractivity contribution in [3.8, 4) is 0 Å². The number of allylic oxidation sites excluding steroid dienone is 2. The largest absolute Gasteiger partial charge is 0.465 e. The standard InChI is InChI=1S/C25H26FNO3S/c1-14(2)13-30-25(29)22-15(3)27-19-11-16(21-9-6-10-31-21)12-20(28)24(19)23(22)17-7-4-5-8-18(17)26/h4-10,14,16,22-23H,11-13H2,1-3H3. The van der Waals surface area contributed by atoms with E-state index in [1.165, 1.54) is 6.07 Å². The topological polar surface area (TPSA) is 55.7 Å². The highest BCUT2D eigenvalue weighted by Gasteiger charge is 2.45. The summed E-state index contributed by atoms with van der Waals surface area (Å²) in [5.74, 6) is -2.23. The van der Waals surface area contributed by atoms with E-state index in [0.29, 0.717) is 35.4 Å². The average Bonchev–Trinajstić information content (AvgIpc) is 3.26. The van der Waals surface area contributed by atoms with Crippen LogP contribution in [0.5, 0.6) is 0 Å². The highest BCUT2D eigenvalue weighted by molar-refractivity contribution is 7.10. The van der Waals surface area contributed by atoms with Gasteiger partial charge in [0.15, 0.2) is 5.78 Å². The van der Waals surface area contributed by atoms with E-state index in [2.05, 4.69) is 0 Å². The summed E-state index contributed by atoms with van der Waals surface area (Å²) in [6.45, 7) is 5.96. The summed E-state index contributed by atoms with van der Waals surface area (Å²) in [4.78, 5) is 32.3. The van der Waals surface area contributed by atoms with E-state index in [1.807, 2.05) is 31.4 Å².